The van der Waals surface area contributed by atoms with Gasteiger partial charge in [0.25, 0.3) is 0 Å². The fraction of sp³-hybridized carbons (Fsp3) is 0.400. The van der Waals surface area contributed by atoms with Gasteiger partial charge in [-0.15, -0.1) is 0 Å². The van der Waals surface area contributed by atoms with Gasteiger partial charge >= 0.3 is 11.7 Å². The highest BCUT2D eigenvalue weighted by Gasteiger charge is 2.25. The van der Waals surface area contributed by atoms with Crippen molar-refractivity contribution in [1.82, 2.24) is 14.9 Å². The number of nitrogens with one attached hydrogen (secondary N) is 2. The number of carbonyl (C=O) groups excluding carboxylic acids is 1. The molecular weight excluding hydrogens is 286 g/mol. The van der Waals surface area contributed by atoms with Crippen molar-refractivity contribution < 1.29 is 14.7 Å². The second kappa shape index (κ2) is 6.46. The molecule has 0 aliphatic rings. The van der Waals surface area contributed by atoms with Crippen molar-refractivity contribution in [2.45, 2.75) is 32.9 Å². The van der Waals surface area contributed by atoms with E-state index in [1.807, 2.05) is 6.92 Å². The second-order valence-electron chi connectivity index (χ2n) is 5.30. The van der Waals surface area contributed by atoms with E-state index in [4.69, 9.17) is 0 Å². The van der Waals surface area contributed by atoms with Crippen molar-refractivity contribution in [3.05, 3.63) is 34.7 Å². The Hall–Kier alpha value is -2.57. The standard InChI is InChI=1S/C15H19N3O4/c1-3-9(2)13(14(20)21)17-12(19)8-18-11-7-5-4-6-10(11)16-15(18)22/h4-7,9,13H,3,8H2,1-2H3,(H,16,22)(H,17,19)(H,20,21). The highest BCUT2D eigenvalue weighted by atomic mass is 16.4. The first-order valence-corrected chi connectivity index (χ1v) is 7.13. The van der Waals surface area contributed by atoms with Gasteiger partial charge in [-0.1, -0.05) is 32.4 Å². The van der Waals surface area contributed by atoms with Gasteiger partial charge in [0.15, 0.2) is 0 Å². The van der Waals surface area contributed by atoms with Gasteiger partial charge in [0.05, 0.1) is 11.0 Å². The molecule has 0 spiro atoms. The highest BCUT2D eigenvalue weighted by Crippen LogP contribution is 2.10. The van der Waals surface area contributed by atoms with Gasteiger partial charge < -0.3 is 15.4 Å². The fourth-order valence-corrected chi connectivity index (χ4v) is 2.31. The first-order valence-electron chi connectivity index (χ1n) is 7.13. The Balaban J connectivity index is 2.19. The Kier molecular flexibility index (Phi) is 4.65. The third-order valence-corrected chi connectivity index (χ3v) is 3.78. The number of H-pyrrole nitrogens is 1. The molecule has 7 heteroatoms. The summed E-state index contributed by atoms with van der Waals surface area (Å²) in [6.45, 7) is 3.40. The van der Waals surface area contributed by atoms with Gasteiger partial charge in [-0.05, 0) is 18.1 Å². The van der Waals surface area contributed by atoms with Crippen LogP contribution in [0, 0.1) is 5.92 Å². The summed E-state index contributed by atoms with van der Waals surface area (Å²) >= 11 is 0. The molecule has 1 aromatic heterocycles. The zero-order valence-electron chi connectivity index (χ0n) is 12.5. The predicted octanol–water partition coefficient (Wildman–Crippen LogP) is 0.945. The molecule has 2 rings (SSSR count). The molecule has 1 heterocycles. The molecule has 22 heavy (non-hydrogen) atoms. The number of imidazole rings is 1. The molecule has 1 amide bonds. The fourth-order valence-electron chi connectivity index (χ4n) is 2.31. The summed E-state index contributed by atoms with van der Waals surface area (Å²) in [7, 11) is 0. The van der Waals surface area contributed by atoms with Crippen LogP contribution in [0.3, 0.4) is 0 Å². The van der Waals surface area contributed by atoms with Crippen molar-refractivity contribution in [3.63, 3.8) is 0 Å². The van der Waals surface area contributed by atoms with E-state index in [1.165, 1.54) is 4.57 Å². The number of para-hydroxylation sites is 2. The lowest BCUT2D eigenvalue weighted by Crippen LogP contribution is -2.46. The van der Waals surface area contributed by atoms with Crippen molar-refractivity contribution >= 4 is 22.9 Å². The maximum Gasteiger partial charge on any atom is 0.326 e. The minimum atomic E-state index is -1.08. The van der Waals surface area contributed by atoms with E-state index in [9.17, 15) is 19.5 Å². The van der Waals surface area contributed by atoms with Gasteiger partial charge in [-0.25, -0.2) is 9.59 Å². The van der Waals surface area contributed by atoms with E-state index in [2.05, 4.69) is 10.3 Å². The molecule has 0 fully saturated rings. The average Bonchev–Trinajstić information content (AvgIpc) is 2.80. The Morgan fingerprint density at radius 2 is 2.05 bits per heavy atom. The minimum absolute atomic E-state index is 0.193. The van der Waals surface area contributed by atoms with E-state index in [1.54, 1.807) is 31.2 Å². The zero-order chi connectivity index (χ0) is 16.3. The van der Waals surface area contributed by atoms with Crippen LogP contribution >= 0.6 is 0 Å². The number of fused-ring (bicyclic) bond motifs is 1. The van der Waals surface area contributed by atoms with Crippen LogP contribution in [0.4, 0.5) is 0 Å². The zero-order valence-corrected chi connectivity index (χ0v) is 12.5. The molecule has 0 bridgehead atoms. The van der Waals surface area contributed by atoms with Gasteiger partial charge in [-0.3, -0.25) is 9.36 Å². The predicted molar refractivity (Wildman–Crippen MR) is 81.6 cm³/mol. The highest BCUT2D eigenvalue weighted by molar-refractivity contribution is 5.85. The summed E-state index contributed by atoms with van der Waals surface area (Å²) in [6, 6.07) is 6.06. The van der Waals surface area contributed by atoms with Crippen LogP contribution < -0.4 is 11.0 Å². The first-order chi connectivity index (χ1) is 10.4. The second-order valence-corrected chi connectivity index (χ2v) is 5.30. The molecule has 2 atom stereocenters. The number of hydrogen-bond donors (Lipinski definition) is 3. The molecule has 2 aromatic rings. The summed E-state index contributed by atoms with van der Waals surface area (Å²) in [6.07, 6.45) is 0.629. The smallest absolute Gasteiger partial charge is 0.326 e. The van der Waals surface area contributed by atoms with Gasteiger partial charge in [0, 0.05) is 0 Å². The molecule has 3 N–H and O–H groups in total. The van der Waals surface area contributed by atoms with Crippen molar-refractivity contribution in [3.8, 4) is 0 Å². The largest absolute Gasteiger partial charge is 0.480 e. The Morgan fingerprint density at radius 3 is 2.68 bits per heavy atom. The summed E-state index contributed by atoms with van der Waals surface area (Å²) in [5.41, 5.74) is 0.849. The van der Waals surface area contributed by atoms with E-state index in [0.29, 0.717) is 17.5 Å². The molecule has 0 aliphatic carbocycles. The van der Waals surface area contributed by atoms with Crippen molar-refractivity contribution in [2.24, 2.45) is 5.92 Å². The van der Waals surface area contributed by atoms with Crippen LogP contribution in [0.25, 0.3) is 11.0 Å². The van der Waals surface area contributed by atoms with E-state index >= 15 is 0 Å². The Labute approximate surface area is 127 Å². The van der Waals surface area contributed by atoms with Crippen LogP contribution in [-0.4, -0.2) is 32.6 Å². The topological polar surface area (TPSA) is 104 Å². The summed E-state index contributed by atoms with van der Waals surface area (Å²) in [5.74, 6) is -1.77. The number of aromatic nitrogens is 2. The van der Waals surface area contributed by atoms with Crippen LogP contribution in [0.5, 0.6) is 0 Å². The maximum atomic E-state index is 12.1. The monoisotopic (exact) mass is 305 g/mol. The third kappa shape index (κ3) is 3.19. The maximum absolute atomic E-state index is 12.1. The van der Waals surface area contributed by atoms with Crippen LogP contribution in [-0.2, 0) is 16.1 Å². The number of carboxylic acids is 1. The molecular formula is C15H19N3O4. The minimum Gasteiger partial charge on any atom is -0.480 e. The van der Waals surface area contributed by atoms with E-state index in [-0.39, 0.29) is 12.5 Å². The summed E-state index contributed by atoms with van der Waals surface area (Å²) < 4.78 is 1.29. The number of nitrogens with zero attached hydrogens (tertiary/aromatic N) is 1. The molecule has 118 valence electrons. The van der Waals surface area contributed by atoms with Crippen molar-refractivity contribution in [2.75, 3.05) is 0 Å². The van der Waals surface area contributed by atoms with E-state index in [0.717, 1.165) is 0 Å². The molecule has 2 unspecified atom stereocenters. The van der Waals surface area contributed by atoms with Crippen LogP contribution in [0.1, 0.15) is 20.3 Å². The van der Waals surface area contributed by atoms with Gasteiger partial charge in [-0.2, -0.15) is 0 Å². The first kappa shape index (κ1) is 15.8. The number of hydrogen-bond acceptors (Lipinski definition) is 3. The molecule has 0 radical (unpaired) electrons. The van der Waals surface area contributed by atoms with Crippen LogP contribution in [0.2, 0.25) is 0 Å². The lowest BCUT2D eigenvalue weighted by Gasteiger charge is -2.20. The average molecular weight is 305 g/mol. The number of aromatic amines is 1. The van der Waals surface area contributed by atoms with Crippen LogP contribution in [0.15, 0.2) is 29.1 Å². The molecule has 0 aliphatic heterocycles. The Morgan fingerprint density at radius 1 is 1.36 bits per heavy atom. The lowest BCUT2D eigenvalue weighted by molar-refractivity contribution is -0.143. The lowest BCUT2D eigenvalue weighted by atomic mass is 9.99. The quantitative estimate of drug-likeness (QED) is 0.739. The molecule has 0 saturated heterocycles. The SMILES string of the molecule is CCC(C)C(NC(=O)Cn1c(=O)[nH]c2ccccc21)C(=O)O. The van der Waals surface area contributed by atoms with Crippen molar-refractivity contribution in [1.29, 1.82) is 0 Å². The number of carboxylic acid groups (broad SMARTS) is 1. The number of rotatable bonds is 6. The molecule has 7 nitrogen and oxygen atoms in total. The molecule has 0 saturated carbocycles. The Bertz CT molecular complexity index is 747. The normalized spacial score (nSPS) is 13.7. The number of amides is 1. The van der Waals surface area contributed by atoms with Gasteiger partial charge in [0.2, 0.25) is 5.91 Å². The third-order valence-electron chi connectivity index (χ3n) is 3.78. The number of carbonyl (C=O) groups is 2. The summed E-state index contributed by atoms with van der Waals surface area (Å²) in [4.78, 5) is 37.9. The number of benzene rings is 1. The summed E-state index contributed by atoms with van der Waals surface area (Å²) in [5, 5.41) is 11.7. The molecule has 1 aromatic carbocycles. The number of aliphatic carboxylic acids is 1. The van der Waals surface area contributed by atoms with Gasteiger partial charge in [0.1, 0.15) is 12.6 Å². The van der Waals surface area contributed by atoms with E-state index < -0.39 is 23.6 Å².